The van der Waals surface area contributed by atoms with E-state index in [1.807, 2.05) is 24.3 Å². The van der Waals surface area contributed by atoms with Gasteiger partial charge in [-0.25, -0.2) is 0 Å². The highest BCUT2D eigenvalue weighted by molar-refractivity contribution is 6.42. The fourth-order valence-corrected chi connectivity index (χ4v) is 2.13. The van der Waals surface area contributed by atoms with Gasteiger partial charge in [-0.2, -0.15) is 0 Å². The third-order valence-electron chi connectivity index (χ3n) is 2.81. The van der Waals surface area contributed by atoms with E-state index in [1.165, 1.54) is 5.56 Å². The summed E-state index contributed by atoms with van der Waals surface area (Å²) < 4.78 is 0. The number of rotatable bonds is 4. The SMILES string of the molecule is Cl.NC(=NCCc1ccc(Cl)cc1)c1ccc(Cl)c(Cl)c1. The van der Waals surface area contributed by atoms with Crippen LogP contribution >= 0.6 is 47.2 Å². The highest BCUT2D eigenvalue weighted by Crippen LogP contribution is 2.22. The number of aliphatic imine (C=N–C) groups is 1. The van der Waals surface area contributed by atoms with Crippen molar-refractivity contribution in [1.29, 1.82) is 0 Å². The summed E-state index contributed by atoms with van der Waals surface area (Å²) in [5.74, 6) is 0.456. The quantitative estimate of drug-likeness (QED) is 0.601. The van der Waals surface area contributed by atoms with Crippen molar-refractivity contribution < 1.29 is 0 Å². The minimum absolute atomic E-state index is 0. The van der Waals surface area contributed by atoms with Crippen LogP contribution in [-0.2, 0) is 6.42 Å². The molecule has 0 aliphatic carbocycles. The molecule has 0 spiro atoms. The molecule has 112 valence electrons. The molecule has 0 aliphatic heterocycles. The first-order chi connectivity index (χ1) is 9.56. The molecule has 2 aromatic rings. The van der Waals surface area contributed by atoms with Gasteiger partial charge >= 0.3 is 0 Å². The number of nitrogens with zero attached hydrogens (tertiary/aromatic N) is 1. The molecule has 0 amide bonds. The van der Waals surface area contributed by atoms with Crippen LogP contribution in [0, 0.1) is 0 Å². The lowest BCUT2D eigenvalue weighted by Gasteiger charge is -2.03. The van der Waals surface area contributed by atoms with Crippen molar-refractivity contribution in [3.8, 4) is 0 Å². The summed E-state index contributed by atoms with van der Waals surface area (Å²) in [4.78, 5) is 4.34. The Bertz CT molecular complexity index is 624. The maximum Gasteiger partial charge on any atom is 0.125 e. The third-order valence-corrected chi connectivity index (χ3v) is 3.80. The summed E-state index contributed by atoms with van der Waals surface area (Å²) in [7, 11) is 0. The van der Waals surface area contributed by atoms with Crippen LogP contribution in [0.2, 0.25) is 15.1 Å². The van der Waals surface area contributed by atoms with Gasteiger partial charge in [0, 0.05) is 17.1 Å². The fourth-order valence-electron chi connectivity index (χ4n) is 1.70. The van der Waals surface area contributed by atoms with Crippen LogP contribution < -0.4 is 5.73 Å². The second kappa shape index (κ2) is 8.50. The highest BCUT2D eigenvalue weighted by Gasteiger charge is 2.02. The standard InChI is InChI=1S/C15H13Cl3N2.ClH/c16-12-4-1-10(2-5-12)7-8-20-15(19)11-3-6-13(17)14(18)9-11;/h1-6,9H,7-8H2,(H2,19,20);1H. The van der Waals surface area contributed by atoms with Crippen LogP contribution in [0.15, 0.2) is 47.5 Å². The van der Waals surface area contributed by atoms with Crippen molar-refractivity contribution >= 4 is 53.0 Å². The van der Waals surface area contributed by atoms with E-state index in [4.69, 9.17) is 40.5 Å². The van der Waals surface area contributed by atoms with Crippen LogP contribution in [-0.4, -0.2) is 12.4 Å². The number of nitrogens with two attached hydrogens (primary N) is 1. The van der Waals surface area contributed by atoms with E-state index in [2.05, 4.69) is 4.99 Å². The number of amidine groups is 1. The Hall–Kier alpha value is -0.930. The maximum absolute atomic E-state index is 5.95. The van der Waals surface area contributed by atoms with E-state index in [1.54, 1.807) is 18.2 Å². The molecule has 21 heavy (non-hydrogen) atoms. The Labute approximate surface area is 145 Å². The molecule has 0 bridgehead atoms. The van der Waals surface area contributed by atoms with Gasteiger partial charge in [0.2, 0.25) is 0 Å². The molecule has 0 fully saturated rings. The van der Waals surface area contributed by atoms with Gasteiger partial charge in [-0.1, -0.05) is 46.9 Å². The van der Waals surface area contributed by atoms with Crippen molar-refractivity contribution in [2.75, 3.05) is 6.54 Å². The number of hydrogen-bond donors (Lipinski definition) is 1. The zero-order chi connectivity index (χ0) is 14.5. The highest BCUT2D eigenvalue weighted by atomic mass is 35.5. The van der Waals surface area contributed by atoms with Crippen molar-refractivity contribution in [3.05, 3.63) is 68.7 Å². The van der Waals surface area contributed by atoms with Gasteiger partial charge in [0.25, 0.3) is 0 Å². The van der Waals surface area contributed by atoms with Crippen LogP contribution in [0.3, 0.4) is 0 Å². The summed E-state index contributed by atoms with van der Waals surface area (Å²) in [6, 6.07) is 12.9. The first-order valence-corrected chi connectivity index (χ1v) is 7.19. The summed E-state index contributed by atoms with van der Waals surface area (Å²) in [6.07, 6.45) is 0.805. The second-order valence-electron chi connectivity index (χ2n) is 4.27. The normalized spacial score (nSPS) is 11.1. The molecule has 2 nitrogen and oxygen atoms in total. The van der Waals surface area contributed by atoms with Gasteiger partial charge in [-0.05, 0) is 42.3 Å². The molecule has 6 heteroatoms. The first-order valence-electron chi connectivity index (χ1n) is 6.06. The monoisotopic (exact) mass is 362 g/mol. The van der Waals surface area contributed by atoms with Crippen molar-refractivity contribution in [1.82, 2.24) is 0 Å². The zero-order valence-corrected chi connectivity index (χ0v) is 14.1. The summed E-state index contributed by atoms with van der Waals surface area (Å²) in [6.45, 7) is 0.605. The summed E-state index contributed by atoms with van der Waals surface area (Å²) in [5, 5.41) is 1.71. The van der Waals surface area contributed by atoms with Gasteiger partial charge in [-0.15, -0.1) is 12.4 Å². The van der Waals surface area contributed by atoms with Crippen molar-refractivity contribution in [2.24, 2.45) is 10.7 Å². The number of benzene rings is 2. The van der Waals surface area contributed by atoms with Gasteiger partial charge in [0.15, 0.2) is 0 Å². The second-order valence-corrected chi connectivity index (χ2v) is 5.52. The molecule has 2 N–H and O–H groups in total. The Morgan fingerprint density at radius 2 is 1.62 bits per heavy atom. The Kier molecular flexibility index (Phi) is 7.33. The molecule has 0 heterocycles. The Morgan fingerprint density at radius 3 is 2.24 bits per heavy atom. The lowest BCUT2D eigenvalue weighted by atomic mass is 10.1. The summed E-state index contributed by atoms with van der Waals surface area (Å²) in [5.41, 5.74) is 7.87. The molecule has 0 unspecified atom stereocenters. The maximum atomic E-state index is 5.95. The average molecular weight is 364 g/mol. The van der Waals surface area contributed by atoms with E-state index in [9.17, 15) is 0 Å². The van der Waals surface area contributed by atoms with Crippen LogP contribution in [0.4, 0.5) is 0 Å². The molecular weight excluding hydrogens is 350 g/mol. The molecule has 2 rings (SSSR count). The van der Waals surface area contributed by atoms with Crippen LogP contribution in [0.5, 0.6) is 0 Å². The largest absolute Gasteiger partial charge is 0.384 e. The Morgan fingerprint density at radius 1 is 0.952 bits per heavy atom. The zero-order valence-electron chi connectivity index (χ0n) is 11.0. The molecule has 0 radical (unpaired) electrons. The van der Waals surface area contributed by atoms with E-state index >= 15 is 0 Å². The molecular formula is C15H14Cl4N2. The lowest BCUT2D eigenvalue weighted by molar-refractivity contribution is 0.966. The molecule has 0 aromatic heterocycles. The molecule has 0 saturated carbocycles. The predicted molar refractivity (Wildman–Crippen MR) is 94.5 cm³/mol. The number of halogens is 4. The topological polar surface area (TPSA) is 38.4 Å². The van der Waals surface area contributed by atoms with Gasteiger partial charge in [0.05, 0.1) is 10.0 Å². The minimum atomic E-state index is 0. The predicted octanol–water partition coefficient (Wildman–Crippen LogP) is 5.02. The molecule has 0 saturated heterocycles. The van der Waals surface area contributed by atoms with Crippen molar-refractivity contribution in [2.45, 2.75) is 6.42 Å². The number of hydrogen-bond acceptors (Lipinski definition) is 1. The van der Waals surface area contributed by atoms with Gasteiger partial charge in [0.1, 0.15) is 5.84 Å². The van der Waals surface area contributed by atoms with E-state index in [0.717, 1.165) is 17.0 Å². The summed E-state index contributed by atoms with van der Waals surface area (Å²) >= 11 is 17.6. The molecule has 2 aromatic carbocycles. The van der Waals surface area contributed by atoms with E-state index in [-0.39, 0.29) is 12.4 Å². The lowest BCUT2D eigenvalue weighted by Crippen LogP contribution is -2.14. The first kappa shape index (κ1) is 18.1. The molecule has 0 atom stereocenters. The van der Waals surface area contributed by atoms with Crippen molar-refractivity contribution in [3.63, 3.8) is 0 Å². The third kappa shape index (κ3) is 5.40. The fraction of sp³-hybridized carbons (Fsp3) is 0.133. The van der Waals surface area contributed by atoms with Crippen LogP contribution in [0.25, 0.3) is 0 Å². The molecule has 0 aliphatic rings. The van der Waals surface area contributed by atoms with Crippen LogP contribution in [0.1, 0.15) is 11.1 Å². The smallest absolute Gasteiger partial charge is 0.125 e. The minimum Gasteiger partial charge on any atom is -0.384 e. The van der Waals surface area contributed by atoms with Gasteiger partial charge < -0.3 is 5.73 Å². The van der Waals surface area contributed by atoms with E-state index < -0.39 is 0 Å². The Balaban J connectivity index is 0.00000220. The average Bonchev–Trinajstić information content (AvgIpc) is 2.44. The van der Waals surface area contributed by atoms with E-state index in [0.29, 0.717) is 22.4 Å². The van der Waals surface area contributed by atoms with Gasteiger partial charge in [-0.3, -0.25) is 4.99 Å².